The lowest BCUT2D eigenvalue weighted by Gasteiger charge is -2.22. The molecule has 1 fully saturated rings. The summed E-state index contributed by atoms with van der Waals surface area (Å²) in [5, 5.41) is 12.0. The number of rotatable bonds is 5. The van der Waals surface area contributed by atoms with Gasteiger partial charge in [0.2, 0.25) is 0 Å². The predicted molar refractivity (Wildman–Crippen MR) is 86.6 cm³/mol. The van der Waals surface area contributed by atoms with E-state index in [2.05, 4.69) is 11.4 Å². The number of carbonyl (C=O) groups excluding carboxylic acids is 2. The fourth-order valence-corrected chi connectivity index (χ4v) is 2.81. The molecule has 2 rings (SSSR count). The molecule has 1 aliphatic rings. The molecule has 8 heteroatoms. The van der Waals surface area contributed by atoms with Gasteiger partial charge in [0, 0.05) is 0 Å². The van der Waals surface area contributed by atoms with Crippen molar-refractivity contribution in [3.63, 3.8) is 0 Å². The van der Waals surface area contributed by atoms with Gasteiger partial charge in [0.1, 0.15) is 5.54 Å². The maximum Gasteiger partial charge on any atom is 0.341 e. The third kappa shape index (κ3) is 4.08. The quantitative estimate of drug-likeness (QED) is 0.630. The van der Waals surface area contributed by atoms with Gasteiger partial charge in [-0.1, -0.05) is 34.8 Å². The van der Waals surface area contributed by atoms with Crippen LogP contribution in [-0.4, -0.2) is 24.0 Å². The highest BCUT2D eigenvalue weighted by atomic mass is 35.5. The number of ether oxygens (including phenoxy) is 1. The Morgan fingerprint density at radius 2 is 1.96 bits per heavy atom. The largest absolute Gasteiger partial charge is 0.452 e. The van der Waals surface area contributed by atoms with E-state index in [-0.39, 0.29) is 26.5 Å². The number of carbonyl (C=O) groups is 2. The normalized spacial score (nSPS) is 16.1. The third-order valence-corrected chi connectivity index (χ3v) is 4.73. The van der Waals surface area contributed by atoms with Crippen molar-refractivity contribution in [3.05, 3.63) is 32.8 Å². The molecule has 5 nitrogen and oxygen atoms in total. The van der Waals surface area contributed by atoms with Crippen molar-refractivity contribution in [2.24, 2.45) is 5.92 Å². The van der Waals surface area contributed by atoms with Crippen LogP contribution in [0.15, 0.2) is 12.1 Å². The second-order valence-corrected chi connectivity index (χ2v) is 6.62. The first-order chi connectivity index (χ1) is 10.8. The molecule has 0 saturated heterocycles. The highest BCUT2D eigenvalue weighted by molar-refractivity contribution is 6.46. The van der Waals surface area contributed by atoms with Crippen LogP contribution in [0, 0.1) is 17.2 Å². The van der Waals surface area contributed by atoms with E-state index >= 15 is 0 Å². The smallest absolute Gasteiger partial charge is 0.341 e. The number of nitrogens with zero attached hydrogens (tertiary/aromatic N) is 1. The Morgan fingerprint density at radius 3 is 2.52 bits per heavy atom. The van der Waals surface area contributed by atoms with E-state index in [0.29, 0.717) is 0 Å². The lowest BCUT2D eigenvalue weighted by atomic mass is 9.98. The average Bonchev–Trinajstić information content (AvgIpc) is 3.34. The van der Waals surface area contributed by atoms with E-state index in [0.717, 1.165) is 12.8 Å². The fraction of sp³-hybridized carbons (Fsp3) is 0.400. The molecule has 1 aliphatic carbocycles. The number of esters is 1. The van der Waals surface area contributed by atoms with Crippen LogP contribution >= 0.6 is 34.8 Å². The number of nitrogens with one attached hydrogen (secondary N) is 1. The van der Waals surface area contributed by atoms with Crippen LogP contribution < -0.4 is 5.32 Å². The zero-order chi connectivity index (χ0) is 17.2. The summed E-state index contributed by atoms with van der Waals surface area (Å²) < 4.78 is 4.91. The minimum atomic E-state index is -0.950. The van der Waals surface area contributed by atoms with Crippen molar-refractivity contribution in [2.45, 2.75) is 25.3 Å². The van der Waals surface area contributed by atoms with Gasteiger partial charge in [-0.2, -0.15) is 5.26 Å². The Kier molecular flexibility index (Phi) is 5.41. The first-order valence-corrected chi connectivity index (χ1v) is 7.94. The molecular formula is C15H13Cl3N2O3. The molecule has 122 valence electrons. The zero-order valence-electron chi connectivity index (χ0n) is 12.2. The molecule has 1 saturated carbocycles. The number of amides is 1. The molecule has 0 aromatic heterocycles. The van der Waals surface area contributed by atoms with Crippen molar-refractivity contribution in [3.8, 4) is 6.07 Å². The highest BCUT2D eigenvalue weighted by Gasteiger charge is 2.43. The van der Waals surface area contributed by atoms with E-state index in [9.17, 15) is 14.9 Å². The van der Waals surface area contributed by atoms with Crippen LogP contribution in [0.25, 0.3) is 0 Å². The third-order valence-electron chi connectivity index (χ3n) is 3.61. The lowest BCUT2D eigenvalue weighted by Crippen LogP contribution is -2.48. The Balaban J connectivity index is 1.98. The van der Waals surface area contributed by atoms with Crippen molar-refractivity contribution in [1.82, 2.24) is 5.32 Å². The standard InChI is InChI=1S/C15H13Cl3N2O3/c1-15(7-19,8-2-3-8)20-11(21)6-23-14(22)12-9(16)4-5-10(17)13(12)18/h4-5,8H,2-3,6H2,1H3,(H,20,21)/t15-/m1/s1. The molecule has 1 atom stereocenters. The minimum Gasteiger partial charge on any atom is -0.452 e. The zero-order valence-corrected chi connectivity index (χ0v) is 14.4. The SMILES string of the molecule is C[C@](C#N)(NC(=O)COC(=O)c1c(Cl)ccc(Cl)c1Cl)C1CC1. The van der Waals surface area contributed by atoms with Gasteiger partial charge >= 0.3 is 5.97 Å². The maximum atomic E-state index is 12.0. The monoisotopic (exact) mass is 374 g/mol. The maximum absolute atomic E-state index is 12.0. The number of nitriles is 1. The summed E-state index contributed by atoms with van der Waals surface area (Å²) in [7, 11) is 0. The molecule has 1 aromatic carbocycles. The molecule has 0 bridgehead atoms. The summed E-state index contributed by atoms with van der Waals surface area (Å²) in [6, 6.07) is 4.94. The van der Waals surface area contributed by atoms with E-state index in [1.807, 2.05) is 0 Å². The number of halogens is 3. The van der Waals surface area contributed by atoms with E-state index in [1.54, 1.807) is 6.92 Å². The van der Waals surface area contributed by atoms with Crippen LogP contribution in [0.4, 0.5) is 0 Å². The number of hydrogen-bond donors (Lipinski definition) is 1. The van der Waals surface area contributed by atoms with Gasteiger partial charge in [-0.05, 0) is 37.8 Å². The van der Waals surface area contributed by atoms with Gasteiger partial charge < -0.3 is 10.1 Å². The molecule has 23 heavy (non-hydrogen) atoms. The van der Waals surface area contributed by atoms with Crippen molar-refractivity contribution >= 4 is 46.7 Å². The second-order valence-electron chi connectivity index (χ2n) is 5.43. The average molecular weight is 376 g/mol. The molecule has 1 aromatic rings. The van der Waals surface area contributed by atoms with Crippen LogP contribution in [-0.2, 0) is 9.53 Å². The van der Waals surface area contributed by atoms with Crippen molar-refractivity contribution < 1.29 is 14.3 Å². The number of benzene rings is 1. The van der Waals surface area contributed by atoms with Gasteiger partial charge in [0.25, 0.3) is 5.91 Å². The first kappa shape index (κ1) is 17.9. The van der Waals surface area contributed by atoms with Crippen LogP contribution in [0.3, 0.4) is 0 Å². The Bertz CT molecular complexity index is 698. The number of hydrogen-bond acceptors (Lipinski definition) is 4. The lowest BCUT2D eigenvalue weighted by molar-refractivity contribution is -0.125. The van der Waals surface area contributed by atoms with Gasteiger partial charge in [-0.15, -0.1) is 0 Å². The second kappa shape index (κ2) is 6.96. The predicted octanol–water partition coefficient (Wildman–Crippen LogP) is 3.61. The summed E-state index contributed by atoms with van der Waals surface area (Å²) in [4.78, 5) is 23.9. The Morgan fingerprint density at radius 1 is 1.35 bits per heavy atom. The Hall–Kier alpha value is -1.48. The van der Waals surface area contributed by atoms with Crippen LogP contribution in [0.1, 0.15) is 30.1 Å². The highest BCUT2D eigenvalue weighted by Crippen LogP contribution is 2.39. The van der Waals surface area contributed by atoms with Gasteiger partial charge in [0.15, 0.2) is 6.61 Å². The summed E-state index contributed by atoms with van der Waals surface area (Å²) in [5.74, 6) is -1.30. The molecule has 0 spiro atoms. The van der Waals surface area contributed by atoms with Gasteiger partial charge in [0.05, 0.1) is 26.7 Å². The molecule has 0 aliphatic heterocycles. The van der Waals surface area contributed by atoms with E-state index in [4.69, 9.17) is 39.5 Å². The molecular weight excluding hydrogens is 363 g/mol. The molecule has 0 unspecified atom stereocenters. The van der Waals surface area contributed by atoms with Gasteiger partial charge in [-0.25, -0.2) is 4.79 Å². The summed E-state index contributed by atoms with van der Waals surface area (Å²) in [6.45, 7) is 1.11. The van der Waals surface area contributed by atoms with Crippen molar-refractivity contribution in [1.29, 1.82) is 5.26 Å². The molecule has 1 amide bonds. The summed E-state index contributed by atoms with van der Waals surface area (Å²) in [6.07, 6.45) is 1.77. The van der Waals surface area contributed by atoms with Crippen molar-refractivity contribution in [2.75, 3.05) is 6.61 Å². The molecule has 1 N–H and O–H groups in total. The van der Waals surface area contributed by atoms with E-state index < -0.39 is 24.0 Å². The summed E-state index contributed by atoms with van der Waals surface area (Å²) >= 11 is 17.7. The fourth-order valence-electron chi connectivity index (χ4n) is 2.13. The Labute approximate surface area is 148 Å². The minimum absolute atomic E-state index is 0.0376. The first-order valence-electron chi connectivity index (χ1n) is 6.81. The van der Waals surface area contributed by atoms with Gasteiger partial charge in [-0.3, -0.25) is 4.79 Å². The van der Waals surface area contributed by atoms with E-state index in [1.165, 1.54) is 12.1 Å². The summed E-state index contributed by atoms with van der Waals surface area (Å²) in [5.41, 5.74) is -1.05. The topological polar surface area (TPSA) is 79.2 Å². The van der Waals surface area contributed by atoms with Crippen LogP contribution in [0.5, 0.6) is 0 Å². The van der Waals surface area contributed by atoms with Crippen LogP contribution in [0.2, 0.25) is 15.1 Å². The molecule has 0 heterocycles. The molecule has 0 radical (unpaired) electrons.